The molecule has 0 spiro atoms. The van der Waals surface area contributed by atoms with E-state index >= 15 is 0 Å². The summed E-state index contributed by atoms with van der Waals surface area (Å²) >= 11 is 1.85. The molecular formula is C11H13IO3. The van der Waals surface area contributed by atoms with Gasteiger partial charge in [0, 0.05) is 6.42 Å². The highest BCUT2D eigenvalue weighted by atomic mass is 127. The van der Waals surface area contributed by atoms with E-state index in [0.29, 0.717) is 0 Å². The molecule has 1 rings (SSSR count). The lowest BCUT2D eigenvalue weighted by molar-refractivity contribution is -0.137. The first-order chi connectivity index (χ1) is 7.22. The van der Waals surface area contributed by atoms with Crippen LogP contribution in [0.2, 0.25) is 0 Å². The minimum Gasteiger partial charge on any atom is -0.481 e. The largest absolute Gasteiger partial charge is 0.481 e. The minimum absolute atomic E-state index is 0.252. The van der Waals surface area contributed by atoms with Crippen LogP contribution >= 0.6 is 23.0 Å². The summed E-state index contributed by atoms with van der Waals surface area (Å²) in [6.45, 7) is 0. The van der Waals surface area contributed by atoms with E-state index in [-0.39, 0.29) is 6.42 Å². The number of unbranched alkanes of at least 4 members (excludes halogenated alkanes) is 1. The first-order valence-electron chi connectivity index (χ1n) is 4.81. The third-order valence-corrected chi connectivity index (χ3v) is 2.60. The van der Waals surface area contributed by atoms with Gasteiger partial charge in [-0.25, -0.2) is 0 Å². The molecule has 1 aromatic carbocycles. The Kier molecular flexibility index (Phi) is 5.45. The lowest BCUT2D eigenvalue weighted by Gasteiger charge is -2.02. The van der Waals surface area contributed by atoms with E-state index in [1.807, 2.05) is 47.3 Å². The van der Waals surface area contributed by atoms with E-state index in [0.717, 1.165) is 25.0 Å². The van der Waals surface area contributed by atoms with Gasteiger partial charge in [0.25, 0.3) is 0 Å². The van der Waals surface area contributed by atoms with Crippen molar-refractivity contribution in [2.24, 2.45) is 0 Å². The van der Waals surface area contributed by atoms with Crippen molar-refractivity contribution in [3.63, 3.8) is 0 Å². The van der Waals surface area contributed by atoms with Gasteiger partial charge in [-0.1, -0.05) is 12.1 Å². The average molecular weight is 320 g/mol. The summed E-state index contributed by atoms with van der Waals surface area (Å²) in [4.78, 5) is 10.3. The fourth-order valence-corrected chi connectivity index (χ4v) is 1.63. The van der Waals surface area contributed by atoms with Gasteiger partial charge in [0.1, 0.15) is 5.75 Å². The summed E-state index contributed by atoms with van der Waals surface area (Å²) in [7, 11) is 0. The first kappa shape index (κ1) is 12.3. The third kappa shape index (κ3) is 5.01. The maximum Gasteiger partial charge on any atom is 0.303 e. The van der Waals surface area contributed by atoms with Gasteiger partial charge in [-0.15, -0.1) is 0 Å². The van der Waals surface area contributed by atoms with Gasteiger partial charge in [-0.2, -0.15) is 0 Å². The quantitative estimate of drug-likeness (QED) is 0.647. The summed E-state index contributed by atoms with van der Waals surface area (Å²) in [6, 6.07) is 7.85. The molecule has 82 valence electrons. The molecule has 0 amide bonds. The van der Waals surface area contributed by atoms with E-state index in [4.69, 9.17) is 8.17 Å². The van der Waals surface area contributed by atoms with E-state index < -0.39 is 5.97 Å². The van der Waals surface area contributed by atoms with E-state index in [9.17, 15) is 4.79 Å². The number of hydrogen-bond donors (Lipinski definition) is 1. The van der Waals surface area contributed by atoms with E-state index in [1.165, 1.54) is 5.56 Å². The smallest absolute Gasteiger partial charge is 0.303 e. The number of carboxylic acids is 1. The zero-order valence-electron chi connectivity index (χ0n) is 8.28. The second kappa shape index (κ2) is 6.66. The number of aliphatic carboxylic acids is 1. The van der Waals surface area contributed by atoms with Crippen molar-refractivity contribution >= 4 is 29.0 Å². The maximum atomic E-state index is 10.3. The summed E-state index contributed by atoms with van der Waals surface area (Å²) < 4.78 is 5.08. The molecule has 0 unspecified atom stereocenters. The number of hydrogen-bond acceptors (Lipinski definition) is 2. The van der Waals surface area contributed by atoms with Crippen molar-refractivity contribution in [2.75, 3.05) is 0 Å². The predicted molar refractivity (Wildman–Crippen MR) is 66.3 cm³/mol. The number of carboxylic acid groups (broad SMARTS) is 1. The Labute approximate surface area is 103 Å². The number of halogens is 1. The van der Waals surface area contributed by atoms with E-state index in [2.05, 4.69) is 0 Å². The second-order valence-corrected chi connectivity index (χ2v) is 3.77. The highest BCUT2D eigenvalue weighted by molar-refractivity contribution is 14.1. The summed E-state index contributed by atoms with van der Waals surface area (Å²) in [5.74, 6) is 0.116. The van der Waals surface area contributed by atoms with Crippen LogP contribution in [-0.4, -0.2) is 11.1 Å². The SMILES string of the molecule is O=C(O)CCCCc1cccc(OI)c1. The number of rotatable bonds is 6. The van der Waals surface area contributed by atoms with Crippen LogP contribution in [0, 0.1) is 0 Å². The standard InChI is InChI=1S/C11H13IO3/c12-15-10-6-3-5-9(8-10)4-1-2-7-11(13)14/h3,5-6,8H,1-2,4,7H2,(H,13,14). The molecule has 15 heavy (non-hydrogen) atoms. The van der Waals surface area contributed by atoms with Gasteiger partial charge in [-0.05, 0) is 37.0 Å². The lowest BCUT2D eigenvalue weighted by Crippen LogP contribution is -1.94. The normalized spacial score (nSPS) is 9.93. The monoisotopic (exact) mass is 320 g/mol. The van der Waals surface area contributed by atoms with Crippen LogP contribution in [0.25, 0.3) is 0 Å². The van der Waals surface area contributed by atoms with Gasteiger partial charge in [0.05, 0.1) is 0 Å². The number of carbonyl (C=O) groups is 1. The van der Waals surface area contributed by atoms with Gasteiger partial charge >= 0.3 is 5.97 Å². The Bertz CT molecular complexity index is 325. The fourth-order valence-electron chi connectivity index (χ4n) is 1.35. The summed E-state index contributed by atoms with van der Waals surface area (Å²) in [6.07, 6.45) is 2.78. The molecule has 4 heteroatoms. The molecule has 0 aliphatic carbocycles. The average Bonchev–Trinajstić information content (AvgIpc) is 2.24. The molecule has 0 aliphatic heterocycles. The van der Waals surface area contributed by atoms with Crippen molar-refractivity contribution in [1.29, 1.82) is 0 Å². The number of aryl methyl sites for hydroxylation is 1. The zero-order chi connectivity index (χ0) is 11.1. The number of benzene rings is 1. The van der Waals surface area contributed by atoms with Crippen LogP contribution in [0.5, 0.6) is 5.75 Å². The summed E-state index contributed by atoms with van der Waals surface area (Å²) in [5.41, 5.74) is 1.19. The lowest BCUT2D eigenvalue weighted by atomic mass is 10.1. The molecule has 0 radical (unpaired) electrons. The Balaban J connectivity index is 2.33. The molecule has 0 saturated carbocycles. The van der Waals surface area contributed by atoms with Crippen LogP contribution < -0.4 is 3.07 Å². The topological polar surface area (TPSA) is 46.5 Å². The first-order valence-corrected chi connectivity index (χ1v) is 5.70. The Hall–Kier alpha value is -0.780. The molecule has 0 fully saturated rings. The van der Waals surface area contributed by atoms with Crippen LogP contribution in [-0.2, 0) is 11.2 Å². The Morgan fingerprint density at radius 2 is 2.20 bits per heavy atom. The summed E-state index contributed by atoms with van der Waals surface area (Å²) in [5, 5.41) is 8.47. The van der Waals surface area contributed by atoms with Crippen LogP contribution in [0.1, 0.15) is 24.8 Å². The molecule has 0 saturated heterocycles. The second-order valence-electron chi connectivity index (χ2n) is 3.33. The molecule has 0 heterocycles. The molecule has 0 bridgehead atoms. The maximum absolute atomic E-state index is 10.3. The van der Waals surface area contributed by atoms with Crippen molar-refractivity contribution in [1.82, 2.24) is 0 Å². The highest BCUT2D eigenvalue weighted by Gasteiger charge is 1.99. The molecule has 0 aromatic heterocycles. The molecule has 0 atom stereocenters. The highest BCUT2D eigenvalue weighted by Crippen LogP contribution is 2.17. The van der Waals surface area contributed by atoms with Crippen LogP contribution in [0.4, 0.5) is 0 Å². The van der Waals surface area contributed by atoms with Crippen molar-refractivity contribution in [3.05, 3.63) is 29.8 Å². The molecule has 1 aromatic rings. The molecule has 3 nitrogen and oxygen atoms in total. The minimum atomic E-state index is -0.723. The van der Waals surface area contributed by atoms with Crippen molar-refractivity contribution in [3.8, 4) is 5.75 Å². The molecular weight excluding hydrogens is 307 g/mol. The molecule has 0 aliphatic rings. The van der Waals surface area contributed by atoms with Gasteiger partial charge in [0.2, 0.25) is 0 Å². The van der Waals surface area contributed by atoms with E-state index in [1.54, 1.807) is 0 Å². The van der Waals surface area contributed by atoms with Gasteiger partial charge in [0.15, 0.2) is 23.0 Å². The van der Waals surface area contributed by atoms with Crippen molar-refractivity contribution in [2.45, 2.75) is 25.7 Å². The third-order valence-electron chi connectivity index (χ3n) is 2.09. The predicted octanol–water partition coefficient (Wildman–Crippen LogP) is 3.21. The molecule has 1 N–H and O–H groups in total. The Morgan fingerprint density at radius 3 is 2.87 bits per heavy atom. The van der Waals surface area contributed by atoms with Crippen LogP contribution in [0.3, 0.4) is 0 Å². The van der Waals surface area contributed by atoms with Gasteiger partial charge in [-0.3, -0.25) is 4.79 Å². The zero-order valence-corrected chi connectivity index (χ0v) is 10.4. The fraction of sp³-hybridized carbons (Fsp3) is 0.364. The van der Waals surface area contributed by atoms with Crippen LogP contribution in [0.15, 0.2) is 24.3 Å². The Morgan fingerprint density at radius 1 is 1.40 bits per heavy atom. The van der Waals surface area contributed by atoms with Crippen molar-refractivity contribution < 1.29 is 13.0 Å². The van der Waals surface area contributed by atoms with Gasteiger partial charge < -0.3 is 8.17 Å².